The number of ether oxygens (including phenoxy) is 2. The van der Waals surface area contributed by atoms with Crippen molar-refractivity contribution in [1.82, 2.24) is 0 Å². The highest BCUT2D eigenvalue weighted by atomic mass is 32.1. The van der Waals surface area contributed by atoms with Crippen molar-refractivity contribution in [1.29, 1.82) is 0 Å². The molecule has 0 unspecified atom stereocenters. The molecule has 6 nitrogen and oxygen atoms in total. The van der Waals surface area contributed by atoms with E-state index in [4.69, 9.17) is 9.47 Å². The van der Waals surface area contributed by atoms with E-state index < -0.39 is 0 Å². The van der Waals surface area contributed by atoms with E-state index in [2.05, 4.69) is 10.6 Å². The fraction of sp³-hybridized carbons (Fsp3) is 0.0769. The van der Waals surface area contributed by atoms with Crippen LogP contribution in [-0.4, -0.2) is 18.9 Å². The summed E-state index contributed by atoms with van der Waals surface area (Å²) in [5.74, 6) is 0.655. The van der Waals surface area contributed by atoms with E-state index in [1.807, 2.05) is 41.8 Å². The van der Waals surface area contributed by atoms with Crippen molar-refractivity contribution in [3.8, 4) is 11.5 Å². The summed E-state index contributed by atoms with van der Waals surface area (Å²) in [7, 11) is 1.51. The second-order valence-electron chi connectivity index (χ2n) is 7.10. The lowest BCUT2D eigenvalue weighted by Crippen LogP contribution is -2.13. The quantitative estimate of drug-likeness (QED) is 0.348. The molecule has 0 saturated heterocycles. The smallest absolute Gasteiger partial charge is 0.265 e. The largest absolute Gasteiger partial charge is 0.494 e. The Bertz CT molecular complexity index is 1220. The standard InChI is InChI=1S/C26H22N2O4S/c1-31-23-16-20(11-14-22(23)28-26(30)24-8-5-15-33-24)27-25(29)19-9-12-21(13-10-19)32-17-18-6-3-2-4-7-18/h2-16H,17H2,1H3,(H,27,29)(H,28,30). The molecular weight excluding hydrogens is 436 g/mol. The Hall–Kier alpha value is -4.10. The SMILES string of the molecule is COc1cc(NC(=O)c2ccc(OCc3ccccc3)cc2)ccc1NC(=O)c1cccs1. The molecule has 4 rings (SSSR count). The van der Waals surface area contributed by atoms with Gasteiger partial charge in [0, 0.05) is 17.3 Å². The average molecular weight is 459 g/mol. The molecule has 0 fully saturated rings. The first kappa shape index (κ1) is 22.1. The minimum Gasteiger partial charge on any atom is -0.494 e. The second-order valence-corrected chi connectivity index (χ2v) is 8.05. The fourth-order valence-electron chi connectivity index (χ4n) is 3.11. The van der Waals surface area contributed by atoms with Crippen LogP contribution in [0.5, 0.6) is 11.5 Å². The van der Waals surface area contributed by atoms with Gasteiger partial charge in [-0.3, -0.25) is 9.59 Å². The Labute approximate surface area is 195 Å². The van der Waals surface area contributed by atoms with E-state index in [9.17, 15) is 9.59 Å². The number of nitrogens with one attached hydrogen (secondary N) is 2. The van der Waals surface area contributed by atoms with Gasteiger partial charge in [0.2, 0.25) is 0 Å². The van der Waals surface area contributed by atoms with Crippen molar-refractivity contribution in [2.45, 2.75) is 6.61 Å². The third kappa shape index (κ3) is 5.78. The van der Waals surface area contributed by atoms with Gasteiger partial charge in [0.1, 0.15) is 18.1 Å². The number of anilines is 2. The summed E-state index contributed by atoms with van der Waals surface area (Å²) in [5.41, 5.74) is 2.64. The molecule has 2 amide bonds. The molecule has 0 aliphatic rings. The van der Waals surface area contributed by atoms with Gasteiger partial charge in [0.05, 0.1) is 17.7 Å². The van der Waals surface area contributed by atoms with Gasteiger partial charge in [-0.2, -0.15) is 0 Å². The predicted octanol–water partition coefficient (Wildman–Crippen LogP) is 5.84. The maximum absolute atomic E-state index is 12.7. The molecule has 0 atom stereocenters. The lowest BCUT2D eigenvalue weighted by atomic mass is 10.2. The monoisotopic (exact) mass is 458 g/mol. The molecule has 33 heavy (non-hydrogen) atoms. The summed E-state index contributed by atoms with van der Waals surface area (Å²) in [6.45, 7) is 0.460. The molecule has 0 saturated carbocycles. The Balaban J connectivity index is 1.37. The molecule has 0 aliphatic carbocycles. The summed E-state index contributed by atoms with van der Waals surface area (Å²) in [6.07, 6.45) is 0. The van der Waals surface area contributed by atoms with Crippen LogP contribution in [-0.2, 0) is 6.61 Å². The van der Waals surface area contributed by atoms with Crippen LogP contribution in [0, 0.1) is 0 Å². The Morgan fingerprint density at radius 1 is 0.848 bits per heavy atom. The zero-order valence-corrected chi connectivity index (χ0v) is 18.7. The number of rotatable bonds is 8. The average Bonchev–Trinajstić information content (AvgIpc) is 3.40. The second kappa shape index (κ2) is 10.5. The summed E-state index contributed by atoms with van der Waals surface area (Å²) in [4.78, 5) is 25.6. The predicted molar refractivity (Wildman–Crippen MR) is 130 cm³/mol. The van der Waals surface area contributed by atoms with Crippen LogP contribution in [0.3, 0.4) is 0 Å². The molecule has 0 radical (unpaired) electrons. The molecule has 0 aliphatic heterocycles. The van der Waals surface area contributed by atoms with Crippen molar-refractivity contribution in [2.24, 2.45) is 0 Å². The molecule has 0 spiro atoms. The van der Waals surface area contributed by atoms with Crippen LogP contribution >= 0.6 is 11.3 Å². The van der Waals surface area contributed by atoms with Gasteiger partial charge < -0.3 is 20.1 Å². The van der Waals surface area contributed by atoms with Crippen molar-refractivity contribution < 1.29 is 19.1 Å². The lowest BCUT2D eigenvalue weighted by molar-refractivity contribution is 0.101. The fourth-order valence-corrected chi connectivity index (χ4v) is 3.73. The van der Waals surface area contributed by atoms with E-state index in [1.165, 1.54) is 18.4 Å². The molecule has 0 bridgehead atoms. The third-order valence-electron chi connectivity index (χ3n) is 4.82. The van der Waals surface area contributed by atoms with Crippen molar-refractivity contribution in [3.63, 3.8) is 0 Å². The Kier molecular flexibility index (Phi) is 7.02. The van der Waals surface area contributed by atoms with Gasteiger partial charge in [-0.15, -0.1) is 11.3 Å². The first-order valence-electron chi connectivity index (χ1n) is 10.2. The van der Waals surface area contributed by atoms with E-state index in [1.54, 1.807) is 48.5 Å². The maximum Gasteiger partial charge on any atom is 0.265 e. The van der Waals surface area contributed by atoms with Gasteiger partial charge in [0.15, 0.2) is 0 Å². The maximum atomic E-state index is 12.7. The van der Waals surface area contributed by atoms with Crippen LogP contribution in [0.2, 0.25) is 0 Å². The van der Waals surface area contributed by atoms with Gasteiger partial charge >= 0.3 is 0 Å². The van der Waals surface area contributed by atoms with Crippen LogP contribution in [0.1, 0.15) is 25.6 Å². The normalized spacial score (nSPS) is 10.3. The summed E-state index contributed by atoms with van der Waals surface area (Å²) < 4.78 is 11.2. The highest BCUT2D eigenvalue weighted by Gasteiger charge is 2.13. The topological polar surface area (TPSA) is 76.7 Å². The molecule has 166 valence electrons. The molecule has 3 aromatic carbocycles. The summed E-state index contributed by atoms with van der Waals surface area (Å²) in [5, 5.41) is 7.51. The van der Waals surface area contributed by atoms with Crippen molar-refractivity contribution >= 4 is 34.5 Å². The third-order valence-corrected chi connectivity index (χ3v) is 5.69. The van der Waals surface area contributed by atoms with Crippen LogP contribution in [0.4, 0.5) is 11.4 Å². The molecule has 7 heteroatoms. The lowest BCUT2D eigenvalue weighted by Gasteiger charge is -2.12. The highest BCUT2D eigenvalue weighted by Crippen LogP contribution is 2.29. The van der Waals surface area contributed by atoms with E-state index >= 15 is 0 Å². The van der Waals surface area contributed by atoms with E-state index in [0.29, 0.717) is 39.9 Å². The first-order chi connectivity index (χ1) is 16.1. The minimum absolute atomic E-state index is 0.213. The minimum atomic E-state index is -0.262. The van der Waals surface area contributed by atoms with Gasteiger partial charge in [-0.05, 0) is 53.4 Å². The van der Waals surface area contributed by atoms with Crippen LogP contribution in [0.25, 0.3) is 0 Å². The Morgan fingerprint density at radius 3 is 2.33 bits per heavy atom. The van der Waals surface area contributed by atoms with Crippen molar-refractivity contribution in [3.05, 3.63) is 106 Å². The molecular formula is C26H22N2O4S. The van der Waals surface area contributed by atoms with Crippen LogP contribution in [0.15, 0.2) is 90.3 Å². The van der Waals surface area contributed by atoms with Crippen molar-refractivity contribution in [2.75, 3.05) is 17.7 Å². The molecule has 1 aromatic heterocycles. The molecule has 2 N–H and O–H groups in total. The van der Waals surface area contributed by atoms with Crippen LogP contribution < -0.4 is 20.1 Å². The zero-order valence-electron chi connectivity index (χ0n) is 17.9. The van der Waals surface area contributed by atoms with Gasteiger partial charge in [-0.25, -0.2) is 0 Å². The molecule has 1 heterocycles. The number of benzene rings is 3. The number of hydrogen-bond donors (Lipinski definition) is 2. The zero-order chi connectivity index (χ0) is 23.0. The number of amides is 2. The number of carbonyl (C=O) groups excluding carboxylic acids is 2. The number of methoxy groups -OCH3 is 1. The van der Waals surface area contributed by atoms with E-state index in [0.717, 1.165) is 5.56 Å². The number of hydrogen-bond acceptors (Lipinski definition) is 5. The van der Waals surface area contributed by atoms with Gasteiger partial charge in [0.25, 0.3) is 11.8 Å². The number of carbonyl (C=O) groups is 2. The van der Waals surface area contributed by atoms with Gasteiger partial charge in [-0.1, -0.05) is 36.4 Å². The molecule has 4 aromatic rings. The Morgan fingerprint density at radius 2 is 1.64 bits per heavy atom. The highest BCUT2D eigenvalue weighted by molar-refractivity contribution is 7.12. The summed E-state index contributed by atoms with van der Waals surface area (Å²) >= 11 is 1.36. The first-order valence-corrected chi connectivity index (χ1v) is 11.1. The van der Waals surface area contributed by atoms with E-state index in [-0.39, 0.29) is 11.8 Å². The number of thiophene rings is 1. The summed E-state index contributed by atoms with van der Waals surface area (Å²) in [6, 6.07) is 25.5.